The molecule has 7 heteroatoms. The fraction of sp³-hybridized carbons (Fsp3) is 0.316. The summed E-state index contributed by atoms with van der Waals surface area (Å²) >= 11 is 7.71. The Morgan fingerprint density at radius 2 is 2.04 bits per heavy atom. The molecule has 0 atom stereocenters. The third-order valence-corrected chi connectivity index (χ3v) is 5.76. The Balaban J connectivity index is 1.76. The lowest BCUT2D eigenvalue weighted by Gasteiger charge is -2.11. The summed E-state index contributed by atoms with van der Waals surface area (Å²) < 4.78 is 4.06. The lowest BCUT2D eigenvalue weighted by Crippen LogP contribution is -2.08. The summed E-state index contributed by atoms with van der Waals surface area (Å²) in [7, 11) is 0. The van der Waals surface area contributed by atoms with Gasteiger partial charge in [0.25, 0.3) is 0 Å². The normalized spacial score (nSPS) is 11.1. The number of carbonyl (C=O) groups is 1. The maximum absolute atomic E-state index is 12.7. The smallest absolute Gasteiger partial charge is 0.191 e. The molecule has 5 nitrogen and oxygen atoms in total. The molecule has 0 fully saturated rings. The number of nitrogens with zero attached hydrogens (tertiary/aromatic N) is 4. The van der Waals surface area contributed by atoms with Crippen LogP contribution < -0.4 is 0 Å². The number of halogens is 1. The molecule has 0 spiro atoms. The number of hydrogen-bond donors (Lipinski definition) is 0. The van der Waals surface area contributed by atoms with Crippen LogP contribution in [0.2, 0.25) is 5.02 Å². The first kappa shape index (κ1) is 18.7. The highest BCUT2D eigenvalue weighted by Gasteiger charge is 2.17. The molecule has 136 valence electrons. The van der Waals surface area contributed by atoms with Crippen molar-refractivity contribution in [1.29, 1.82) is 0 Å². The fourth-order valence-electron chi connectivity index (χ4n) is 2.90. The molecule has 0 amide bonds. The van der Waals surface area contributed by atoms with Crippen LogP contribution >= 0.6 is 23.4 Å². The maximum Gasteiger partial charge on any atom is 0.191 e. The van der Waals surface area contributed by atoms with Gasteiger partial charge in [-0.1, -0.05) is 41.6 Å². The molecule has 2 heterocycles. The fourth-order valence-corrected chi connectivity index (χ4v) is 3.96. The van der Waals surface area contributed by atoms with Gasteiger partial charge in [0.05, 0.1) is 5.75 Å². The summed E-state index contributed by atoms with van der Waals surface area (Å²) in [5.74, 6) is 0.439. The molecule has 3 rings (SSSR count). The van der Waals surface area contributed by atoms with Crippen LogP contribution in [0.4, 0.5) is 0 Å². The van der Waals surface area contributed by atoms with E-state index in [4.69, 9.17) is 11.6 Å². The van der Waals surface area contributed by atoms with Crippen molar-refractivity contribution >= 4 is 29.1 Å². The van der Waals surface area contributed by atoms with Gasteiger partial charge in [0.1, 0.15) is 6.33 Å². The standard InChI is InChI=1S/C19H21ClN4OS/c1-4-23-12-21-22-19(23)26-11-18(25)16-9-13(2)24(14(16)3)10-15-7-5-6-8-17(15)20/h5-9,12H,4,10-11H2,1-3H3. The zero-order chi connectivity index (χ0) is 18.7. The average Bonchev–Trinajstić information content (AvgIpc) is 3.20. The molecular formula is C19H21ClN4OS. The van der Waals surface area contributed by atoms with Gasteiger partial charge < -0.3 is 9.13 Å². The SMILES string of the molecule is CCn1cnnc1SCC(=O)c1cc(C)n(Cc2ccccc2Cl)c1C. The van der Waals surface area contributed by atoms with Gasteiger partial charge in [0.15, 0.2) is 10.9 Å². The van der Waals surface area contributed by atoms with Gasteiger partial charge >= 0.3 is 0 Å². The molecule has 0 saturated heterocycles. The summed E-state index contributed by atoms with van der Waals surface area (Å²) in [6.07, 6.45) is 1.68. The van der Waals surface area contributed by atoms with Gasteiger partial charge in [-0.3, -0.25) is 4.79 Å². The molecule has 0 N–H and O–H groups in total. The van der Waals surface area contributed by atoms with Gasteiger partial charge in [-0.2, -0.15) is 0 Å². The Bertz CT molecular complexity index is 932. The monoisotopic (exact) mass is 388 g/mol. The van der Waals surface area contributed by atoms with Crippen molar-refractivity contribution in [1.82, 2.24) is 19.3 Å². The zero-order valence-electron chi connectivity index (χ0n) is 15.1. The van der Waals surface area contributed by atoms with E-state index in [0.29, 0.717) is 12.3 Å². The van der Waals surface area contributed by atoms with E-state index >= 15 is 0 Å². The van der Waals surface area contributed by atoms with E-state index in [1.54, 1.807) is 6.33 Å². The predicted octanol–water partition coefficient (Wildman–Crippen LogP) is 4.39. The number of aryl methyl sites for hydroxylation is 2. The number of ketones is 1. The highest BCUT2D eigenvalue weighted by molar-refractivity contribution is 7.99. The zero-order valence-corrected chi connectivity index (χ0v) is 16.6. The van der Waals surface area contributed by atoms with E-state index in [0.717, 1.165) is 39.2 Å². The van der Waals surface area contributed by atoms with Gasteiger partial charge in [-0.15, -0.1) is 10.2 Å². The van der Waals surface area contributed by atoms with E-state index in [2.05, 4.69) is 14.8 Å². The lowest BCUT2D eigenvalue weighted by atomic mass is 10.2. The van der Waals surface area contributed by atoms with Crippen LogP contribution in [0, 0.1) is 13.8 Å². The number of thioether (sulfide) groups is 1. The van der Waals surface area contributed by atoms with Gasteiger partial charge in [-0.05, 0) is 38.5 Å². The number of aromatic nitrogens is 4. The van der Waals surface area contributed by atoms with Crippen molar-refractivity contribution in [3.05, 3.63) is 64.2 Å². The van der Waals surface area contributed by atoms with Crippen molar-refractivity contribution in [3.63, 3.8) is 0 Å². The van der Waals surface area contributed by atoms with Crippen LogP contribution in [0.5, 0.6) is 0 Å². The first-order valence-corrected chi connectivity index (χ1v) is 9.81. The minimum atomic E-state index is 0.0964. The molecule has 0 unspecified atom stereocenters. The van der Waals surface area contributed by atoms with Gasteiger partial charge in [0, 0.05) is 35.1 Å². The van der Waals surface area contributed by atoms with Crippen LogP contribution in [-0.4, -0.2) is 30.9 Å². The maximum atomic E-state index is 12.7. The van der Waals surface area contributed by atoms with E-state index in [1.807, 2.05) is 55.7 Å². The highest BCUT2D eigenvalue weighted by Crippen LogP contribution is 2.23. The van der Waals surface area contributed by atoms with Crippen molar-refractivity contribution in [2.24, 2.45) is 0 Å². The van der Waals surface area contributed by atoms with Crippen LogP contribution in [0.1, 0.15) is 34.2 Å². The van der Waals surface area contributed by atoms with Gasteiger partial charge in [0.2, 0.25) is 0 Å². The van der Waals surface area contributed by atoms with Crippen LogP contribution in [0.25, 0.3) is 0 Å². The Labute approximate surface area is 162 Å². The minimum Gasteiger partial charge on any atom is -0.344 e. The quantitative estimate of drug-likeness (QED) is 0.445. The van der Waals surface area contributed by atoms with E-state index in [1.165, 1.54) is 11.8 Å². The van der Waals surface area contributed by atoms with Crippen molar-refractivity contribution in [2.75, 3.05) is 5.75 Å². The van der Waals surface area contributed by atoms with E-state index < -0.39 is 0 Å². The predicted molar refractivity (Wildman–Crippen MR) is 105 cm³/mol. The average molecular weight is 389 g/mol. The molecule has 0 bridgehead atoms. The van der Waals surface area contributed by atoms with Crippen LogP contribution in [0.3, 0.4) is 0 Å². The largest absolute Gasteiger partial charge is 0.344 e. The van der Waals surface area contributed by atoms with Crippen LogP contribution in [0.15, 0.2) is 41.8 Å². The molecule has 0 radical (unpaired) electrons. The number of carbonyl (C=O) groups excluding carboxylic acids is 1. The van der Waals surface area contributed by atoms with E-state index in [9.17, 15) is 4.79 Å². The van der Waals surface area contributed by atoms with Crippen LogP contribution in [-0.2, 0) is 13.1 Å². The minimum absolute atomic E-state index is 0.0964. The first-order chi connectivity index (χ1) is 12.5. The topological polar surface area (TPSA) is 52.7 Å². The molecule has 0 saturated carbocycles. The molecular weight excluding hydrogens is 368 g/mol. The Kier molecular flexibility index (Phi) is 5.84. The van der Waals surface area contributed by atoms with Crippen molar-refractivity contribution in [2.45, 2.75) is 39.0 Å². The van der Waals surface area contributed by atoms with Gasteiger partial charge in [-0.25, -0.2) is 0 Å². The van der Waals surface area contributed by atoms with Crippen molar-refractivity contribution in [3.8, 4) is 0 Å². The highest BCUT2D eigenvalue weighted by atomic mass is 35.5. The second kappa shape index (κ2) is 8.10. The molecule has 26 heavy (non-hydrogen) atoms. The van der Waals surface area contributed by atoms with Crippen molar-refractivity contribution < 1.29 is 4.79 Å². The second-order valence-electron chi connectivity index (χ2n) is 6.07. The molecule has 0 aliphatic heterocycles. The number of Topliss-reactive ketones (excluding diaryl/α,β-unsaturated/α-hetero) is 1. The first-order valence-electron chi connectivity index (χ1n) is 8.45. The molecule has 0 aliphatic carbocycles. The summed E-state index contributed by atoms with van der Waals surface area (Å²) in [5, 5.41) is 9.47. The molecule has 2 aromatic heterocycles. The summed E-state index contributed by atoms with van der Waals surface area (Å²) in [4.78, 5) is 12.7. The number of rotatable bonds is 7. The summed E-state index contributed by atoms with van der Waals surface area (Å²) in [6.45, 7) is 7.47. The lowest BCUT2D eigenvalue weighted by molar-refractivity contribution is 0.102. The number of benzene rings is 1. The Hall–Kier alpha value is -2.05. The Morgan fingerprint density at radius 3 is 2.77 bits per heavy atom. The number of hydrogen-bond acceptors (Lipinski definition) is 4. The summed E-state index contributed by atoms with van der Waals surface area (Å²) in [6, 6.07) is 9.75. The Morgan fingerprint density at radius 1 is 1.27 bits per heavy atom. The molecule has 3 aromatic rings. The summed E-state index contributed by atoms with van der Waals surface area (Å²) in [5.41, 5.74) is 3.81. The molecule has 0 aliphatic rings. The van der Waals surface area contributed by atoms with E-state index in [-0.39, 0.29) is 5.78 Å². The second-order valence-corrected chi connectivity index (χ2v) is 7.42. The molecule has 1 aromatic carbocycles. The third-order valence-electron chi connectivity index (χ3n) is 4.41. The third kappa shape index (κ3) is 3.86.